The van der Waals surface area contributed by atoms with Crippen molar-refractivity contribution in [1.29, 1.82) is 0 Å². The van der Waals surface area contributed by atoms with E-state index in [2.05, 4.69) is 20.8 Å². The highest BCUT2D eigenvalue weighted by atomic mass is 16.1. The number of nitrogens with two attached hydrogens (primary N) is 1. The zero-order valence-electron chi connectivity index (χ0n) is 11.4. The molecule has 0 saturated heterocycles. The summed E-state index contributed by atoms with van der Waals surface area (Å²) in [5, 5.41) is 13.5. The van der Waals surface area contributed by atoms with Gasteiger partial charge in [0, 0.05) is 18.8 Å². The van der Waals surface area contributed by atoms with Crippen LogP contribution < -0.4 is 16.4 Å². The Hall–Kier alpha value is -2.47. The van der Waals surface area contributed by atoms with Gasteiger partial charge in [0.25, 0.3) is 5.91 Å². The van der Waals surface area contributed by atoms with Gasteiger partial charge in [0.1, 0.15) is 0 Å². The number of nitrogens with zero attached hydrogens (tertiary/aromatic N) is 2. The van der Waals surface area contributed by atoms with Crippen LogP contribution in [0.1, 0.15) is 29.0 Å². The largest absolute Gasteiger partial charge is 0.354 e. The van der Waals surface area contributed by atoms with Crippen molar-refractivity contribution in [3.05, 3.63) is 47.7 Å². The lowest BCUT2D eigenvalue weighted by molar-refractivity contribution is 0.0957. The number of hydrogen-bond donors (Lipinski definition) is 3. The Kier molecular flexibility index (Phi) is 4.27. The van der Waals surface area contributed by atoms with Crippen LogP contribution in [0.3, 0.4) is 0 Å². The molecule has 1 amide bonds. The molecule has 1 atom stereocenters. The van der Waals surface area contributed by atoms with E-state index in [1.807, 2.05) is 31.2 Å². The smallest absolute Gasteiger partial charge is 0.271 e. The van der Waals surface area contributed by atoms with Gasteiger partial charge in [0.15, 0.2) is 11.5 Å². The maximum Gasteiger partial charge on any atom is 0.271 e. The molecule has 1 aromatic carbocycles. The van der Waals surface area contributed by atoms with Crippen molar-refractivity contribution in [1.82, 2.24) is 15.5 Å². The summed E-state index contributed by atoms with van der Waals surface area (Å²) >= 11 is 0. The van der Waals surface area contributed by atoms with Crippen molar-refractivity contribution in [2.75, 3.05) is 12.4 Å². The molecule has 1 heterocycles. The van der Waals surface area contributed by atoms with Crippen LogP contribution in [0, 0.1) is 0 Å². The SMILES string of the molecule is CNC(=O)c1ccc(Nc2ccccc2C(C)N)nn1. The number of anilines is 2. The molecular weight excluding hydrogens is 254 g/mol. The molecule has 0 aliphatic carbocycles. The second-order valence-electron chi connectivity index (χ2n) is 4.38. The van der Waals surface area contributed by atoms with E-state index in [0.717, 1.165) is 11.3 Å². The lowest BCUT2D eigenvalue weighted by atomic mass is 10.1. The van der Waals surface area contributed by atoms with E-state index in [-0.39, 0.29) is 17.6 Å². The number of hydrogen-bond acceptors (Lipinski definition) is 5. The third kappa shape index (κ3) is 3.10. The van der Waals surface area contributed by atoms with Crippen LogP contribution in [0.25, 0.3) is 0 Å². The van der Waals surface area contributed by atoms with Gasteiger partial charge in [0.05, 0.1) is 0 Å². The fourth-order valence-electron chi connectivity index (χ4n) is 1.79. The monoisotopic (exact) mass is 271 g/mol. The van der Waals surface area contributed by atoms with Crippen molar-refractivity contribution in [2.45, 2.75) is 13.0 Å². The number of carbonyl (C=O) groups is 1. The molecule has 0 fully saturated rings. The maximum absolute atomic E-state index is 11.4. The van der Waals surface area contributed by atoms with Gasteiger partial charge in [0.2, 0.25) is 0 Å². The minimum absolute atomic E-state index is 0.0863. The quantitative estimate of drug-likeness (QED) is 0.785. The Morgan fingerprint density at radius 3 is 2.55 bits per heavy atom. The molecule has 0 aliphatic heterocycles. The van der Waals surface area contributed by atoms with Gasteiger partial charge >= 0.3 is 0 Å². The highest BCUT2D eigenvalue weighted by Gasteiger charge is 2.08. The first-order valence-corrected chi connectivity index (χ1v) is 6.29. The molecule has 1 aromatic heterocycles. The van der Waals surface area contributed by atoms with E-state index in [4.69, 9.17) is 5.73 Å². The van der Waals surface area contributed by atoms with Crippen LogP contribution in [0.5, 0.6) is 0 Å². The van der Waals surface area contributed by atoms with Gasteiger partial charge < -0.3 is 16.4 Å². The van der Waals surface area contributed by atoms with Gasteiger partial charge in [-0.25, -0.2) is 0 Å². The molecular formula is C14H17N5O. The molecule has 0 aliphatic rings. The lowest BCUT2D eigenvalue weighted by Gasteiger charge is -2.13. The number of carbonyl (C=O) groups excluding carboxylic acids is 1. The summed E-state index contributed by atoms with van der Waals surface area (Å²) in [6.07, 6.45) is 0. The van der Waals surface area contributed by atoms with Crippen LogP contribution in [-0.4, -0.2) is 23.2 Å². The van der Waals surface area contributed by atoms with Crippen molar-refractivity contribution in [3.63, 3.8) is 0 Å². The average Bonchev–Trinajstić information content (AvgIpc) is 2.47. The summed E-state index contributed by atoms with van der Waals surface area (Å²) in [6, 6.07) is 11.0. The first-order valence-electron chi connectivity index (χ1n) is 6.29. The normalized spacial score (nSPS) is 11.8. The summed E-state index contributed by atoms with van der Waals surface area (Å²) in [4.78, 5) is 11.4. The summed E-state index contributed by atoms with van der Waals surface area (Å²) in [7, 11) is 1.55. The van der Waals surface area contributed by atoms with E-state index < -0.39 is 0 Å². The molecule has 104 valence electrons. The fourth-order valence-corrected chi connectivity index (χ4v) is 1.79. The number of benzene rings is 1. The Balaban J connectivity index is 2.20. The molecule has 20 heavy (non-hydrogen) atoms. The number of para-hydroxylation sites is 1. The Bertz CT molecular complexity index is 595. The van der Waals surface area contributed by atoms with Gasteiger partial charge in [-0.15, -0.1) is 10.2 Å². The maximum atomic E-state index is 11.4. The third-order valence-corrected chi connectivity index (χ3v) is 2.84. The van der Waals surface area contributed by atoms with Crippen LogP contribution in [-0.2, 0) is 0 Å². The standard InChI is InChI=1S/C14H17N5O/c1-9(15)10-5-3-4-6-11(10)17-13-8-7-12(18-19-13)14(20)16-2/h3-9H,15H2,1-2H3,(H,16,20)(H,17,19). The van der Waals surface area contributed by atoms with Crippen LogP contribution >= 0.6 is 0 Å². The van der Waals surface area contributed by atoms with Crippen LogP contribution in [0.4, 0.5) is 11.5 Å². The molecule has 0 bridgehead atoms. The zero-order valence-corrected chi connectivity index (χ0v) is 11.4. The topological polar surface area (TPSA) is 92.9 Å². The number of rotatable bonds is 4. The lowest BCUT2D eigenvalue weighted by Crippen LogP contribution is -2.19. The highest BCUT2D eigenvalue weighted by molar-refractivity contribution is 5.91. The molecule has 2 aromatic rings. The van der Waals surface area contributed by atoms with E-state index in [0.29, 0.717) is 5.82 Å². The zero-order chi connectivity index (χ0) is 14.5. The number of aromatic nitrogens is 2. The molecule has 1 unspecified atom stereocenters. The predicted octanol–water partition coefficient (Wildman–Crippen LogP) is 1.60. The van der Waals surface area contributed by atoms with Crippen LogP contribution in [0.15, 0.2) is 36.4 Å². The molecule has 6 nitrogen and oxygen atoms in total. The van der Waals surface area contributed by atoms with E-state index in [1.165, 1.54) is 0 Å². The van der Waals surface area contributed by atoms with Crippen molar-refractivity contribution in [3.8, 4) is 0 Å². The molecule has 0 saturated carbocycles. The highest BCUT2D eigenvalue weighted by Crippen LogP contribution is 2.23. The summed E-state index contributed by atoms with van der Waals surface area (Å²) in [5.74, 6) is 0.297. The van der Waals surface area contributed by atoms with Crippen LogP contribution in [0.2, 0.25) is 0 Å². The second-order valence-corrected chi connectivity index (χ2v) is 4.38. The fraction of sp³-hybridized carbons (Fsp3) is 0.214. The molecule has 0 radical (unpaired) electrons. The first-order chi connectivity index (χ1) is 9.61. The predicted molar refractivity (Wildman–Crippen MR) is 77.7 cm³/mol. The molecule has 4 N–H and O–H groups in total. The number of amides is 1. The Labute approximate surface area is 117 Å². The Morgan fingerprint density at radius 2 is 1.95 bits per heavy atom. The van der Waals surface area contributed by atoms with Gasteiger partial charge in [-0.05, 0) is 30.7 Å². The Morgan fingerprint density at radius 1 is 1.20 bits per heavy atom. The van der Waals surface area contributed by atoms with E-state index >= 15 is 0 Å². The first kappa shape index (κ1) is 14.0. The van der Waals surface area contributed by atoms with E-state index in [1.54, 1.807) is 19.2 Å². The van der Waals surface area contributed by atoms with Gasteiger partial charge in [-0.3, -0.25) is 4.79 Å². The minimum atomic E-state index is -0.264. The average molecular weight is 271 g/mol. The summed E-state index contributed by atoms with van der Waals surface area (Å²) in [6.45, 7) is 1.92. The van der Waals surface area contributed by atoms with Crippen molar-refractivity contribution >= 4 is 17.4 Å². The van der Waals surface area contributed by atoms with Crippen molar-refractivity contribution in [2.24, 2.45) is 5.73 Å². The second kappa shape index (κ2) is 6.12. The molecule has 2 rings (SSSR count). The molecule has 0 spiro atoms. The third-order valence-electron chi connectivity index (χ3n) is 2.84. The van der Waals surface area contributed by atoms with Crippen molar-refractivity contribution < 1.29 is 4.79 Å². The molecule has 6 heteroatoms. The van der Waals surface area contributed by atoms with E-state index in [9.17, 15) is 4.79 Å². The summed E-state index contributed by atoms with van der Waals surface area (Å²) in [5.41, 5.74) is 8.07. The summed E-state index contributed by atoms with van der Waals surface area (Å²) < 4.78 is 0. The minimum Gasteiger partial charge on any atom is -0.354 e. The van der Waals surface area contributed by atoms with Gasteiger partial charge in [-0.1, -0.05) is 18.2 Å². The van der Waals surface area contributed by atoms with Gasteiger partial charge in [-0.2, -0.15) is 0 Å². The number of nitrogens with one attached hydrogen (secondary N) is 2.